The first kappa shape index (κ1) is 19.0. The first-order valence-electron chi connectivity index (χ1n) is 10.9. The third-order valence-corrected chi connectivity index (χ3v) is 6.25. The van der Waals surface area contributed by atoms with Crippen molar-refractivity contribution < 1.29 is 4.79 Å². The average Bonchev–Trinajstić information content (AvgIpc) is 3.41. The molecule has 0 bridgehead atoms. The van der Waals surface area contributed by atoms with Gasteiger partial charge in [-0.25, -0.2) is 4.98 Å². The zero-order chi connectivity index (χ0) is 20.8. The molecule has 3 aromatic rings. The minimum Gasteiger partial charge on any atom is -0.334 e. The van der Waals surface area contributed by atoms with E-state index in [-0.39, 0.29) is 5.91 Å². The molecule has 1 amide bonds. The largest absolute Gasteiger partial charge is 0.334 e. The van der Waals surface area contributed by atoms with Gasteiger partial charge < -0.3 is 9.47 Å². The number of hydrogen-bond acceptors (Lipinski definition) is 4. The summed E-state index contributed by atoms with van der Waals surface area (Å²) in [4.78, 5) is 24.0. The van der Waals surface area contributed by atoms with Crippen LogP contribution in [0.2, 0.25) is 0 Å². The Bertz CT molecular complexity index is 1110. The van der Waals surface area contributed by atoms with Gasteiger partial charge in [0.05, 0.1) is 12.1 Å². The van der Waals surface area contributed by atoms with E-state index in [9.17, 15) is 4.79 Å². The Kier molecular flexibility index (Phi) is 4.68. The fraction of sp³-hybridized carbons (Fsp3) is 0.478. The normalized spacial score (nSPS) is 16.0. The maximum absolute atomic E-state index is 13.1. The average molecular weight is 405 g/mol. The third-order valence-electron chi connectivity index (χ3n) is 6.25. The fourth-order valence-corrected chi connectivity index (χ4v) is 4.40. The molecular weight excluding hydrogens is 376 g/mol. The Morgan fingerprint density at radius 3 is 2.77 bits per heavy atom. The van der Waals surface area contributed by atoms with Gasteiger partial charge >= 0.3 is 0 Å². The van der Waals surface area contributed by atoms with Crippen LogP contribution >= 0.6 is 0 Å². The first-order valence-corrected chi connectivity index (χ1v) is 10.9. The molecule has 0 saturated heterocycles. The van der Waals surface area contributed by atoms with Crippen molar-refractivity contribution in [1.29, 1.82) is 0 Å². The molecule has 1 saturated carbocycles. The van der Waals surface area contributed by atoms with Gasteiger partial charge in [0.15, 0.2) is 5.82 Å². The Labute approximate surface area is 176 Å². The lowest BCUT2D eigenvalue weighted by molar-refractivity contribution is 0.0733. The molecule has 2 aliphatic rings. The minimum atomic E-state index is 0.0320. The molecule has 5 rings (SSSR count). The fourth-order valence-electron chi connectivity index (χ4n) is 4.40. The van der Waals surface area contributed by atoms with Gasteiger partial charge in [-0.15, -0.1) is 0 Å². The van der Waals surface area contributed by atoms with Crippen LogP contribution in [0.25, 0.3) is 11.5 Å². The molecule has 0 radical (unpaired) electrons. The molecule has 1 fully saturated rings. The number of nitrogens with zero attached hydrogens (tertiary/aromatic N) is 6. The van der Waals surface area contributed by atoms with Crippen LogP contribution in [0.3, 0.4) is 0 Å². The van der Waals surface area contributed by atoms with Crippen LogP contribution in [0.4, 0.5) is 0 Å². The standard InChI is InChI=1S/C23H28N6O/c1-4-29-20-7-8-27(23(30)18-9-15(2)10-24-12-18)14-19(20)21(26-29)22-25-11-16(3)28(22)13-17-5-6-17/h9-12,17H,4-8,13-14H2,1-3H3. The van der Waals surface area contributed by atoms with Gasteiger partial charge in [0.2, 0.25) is 0 Å². The van der Waals surface area contributed by atoms with E-state index in [4.69, 9.17) is 10.1 Å². The lowest BCUT2D eigenvalue weighted by Crippen LogP contribution is -2.36. The van der Waals surface area contributed by atoms with E-state index in [1.54, 1.807) is 12.4 Å². The Balaban J connectivity index is 1.51. The lowest BCUT2D eigenvalue weighted by Gasteiger charge is -2.28. The van der Waals surface area contributed by atoms with Crippen molar-refractivity contribution in [2.24, 2.45) is 5.92 Å². The van der Waals surface area contributed by atoms with Crippen molar-refractivity contribution in [3.05, 3.63) is 52.7 Å². The number of carbonyl (C=O) groups is 1. The number of pyridine rings is 1. The highest BCUT2D eigenvalue weighted by Gasteiger charge is 2.31. The topological polar surface area (TPSA) is 68.8 Å². The number of rotatable bonds is 5. The molecule has 7 nitrogen and oxygen atoms in total. The number of aryl methyl sites for hydroxylation is 3. The molecule has 156 valence electrons. The molecule has 1 aliphatic carbocycles. The van der Waals surface area contributed by atoms with Gasteiger partial charge in [-0.1, -0.05) is 0 Å². The molecule has 7 heteroatoms. The number of carbonyl (C=O) groups excluding carboxylic acids is 1. The predicted octanol–water partition coefficient (Wildman–Crippen LogP) is 3.39. The summed E-state index contributed by atoms with van der Waals surface area (Å²) in [6.07, 6.45) is 8.78. The summed E-state index contributed by atoms with van der Waals surface area (Å²) in [5, 5.41) is 4.95. The minimum absolute atomic E-state index is 0.0320. The highest BCUT2D eigenvalue weighted by molar-refractivity contribution is 5.94. The van der Waals surface area contributed by atoms with Gasteiger partial charge in [-0.3, -0.25) is 14.5 Å². The van der Waals surface area contributed by atoms with Crippen molar-refractivity contribution in [2.45, 2.75) is 59.7 Å². The van der Waals surface area contributed by atoms with E-state index in [2.05, 4.69) is 28.1 Å². The molecule has 0 spiro atoms. The van der Waals surface area contributed by atoms with Crippen LogP contribution in [-0.2, 0) is 26.1 Å². The van der Waals surface area contributed by atoms with Crippen molar-refractivity contribution in [3.8, 4) is 11.5 Å². The summed E-state index contributed by atoms with van der Waals surface area (Å²) in [5.74, 6) is 1.73. The van der Waals surface area contributed by atoms with Crippen LogP contribution in [0.5, 0.6) is 0 Å². The van der Waals surface area contributed by atoms with Crippen LogP contribution < -0.4 is 0 Å². The van der Waals surface area contributed by atoms with Gasteiger partial charge in [0.25, 0.3) is 5.91 Å². The smallest absolute Gasteiger partial charge is 0.255 e. The van der Waals surface area contributed by atoms with Crippen molar-refractivity contribution in [1.82, 2.24) is 29.2 Å². The summed E-state index contributed by atoms with van der Waals surface area (Å²) >= 11 is 0. The van der Waals surface area contributed by atoms with Gasteiger partial charge in [-0.2, -0.15) is 5.10 Å². The van der Waals surface area contributed by atoms with E-state index in [1.807, 2.05) is 24.1 Å². The van der Waals surface area contributed by atoms with Crippen molar-refractivity contribution >= 4 is 5.91 Å². The second-order valence-corrected chi connectivity index (χ2v) is 8.59. The van der Waals surface area contributed by atoms with E-state index in [0.717, 1.165) is 48.1 Å². The molecule has 4 heterocycles. The molecule has 0 atom stereocenters. The maximum atomic E-state index is 13.1. The zero-order valence-corrected chi connectivity index (χ0v) is 17.9. The van der Waals surface area contributed by atoms with Crippen LogP contribution in [0.1, 0.15) is 52.6 Å². The summed E-state index contributed by atoms with van der Waals surface area (Å²) < 4.78 is 4.40. The van der Waals surface area contributed by atoms with Gasteiger partial charge in [0.1, 0.15) is 5.69 Å². The third kappa shape index (κ3) is 3.32. The van der Waals surface area contributed by atoms with E-state index in [1.165, 1.54) is 24.2 Å². The molecule has 3 aromatic heterocycles. The second-order valence-electron chi connectivity index (χ2n) is 8.59. The molecule has 0 aromatic carbocycles. The summed E-state index contributed by atoms with van der Waals surface area (Å²) in [5.41, 5.74) is 6.12. The number of hydrogen-bond donors (Lipinski definition) is 0. The number of imidazole rings is 1. The molecule has 0 unspecified atom stereocenters. The Morgan fingerprint density at radius 2 is 2.03 bits per heavy atom. The molecular formula is C23H28N6O. The molecule has 0 N–H and O–H groups in total. The summed E-state index contributed by atoms with van der Waals surface area (Å²) in [7, 11) is 0. The van der Waals surface area contributed by atoms with Crippen LogP contribution in [-0.4, -0.2) is 41.7 Å². The monoisotopic (exact) mass is 404 g/mol. The first-order chi connectivity index (χ1) is 14.5. The summed E-state index contributed by atoms with van der Waals surface area (Å²) in [6.45, 7) is 9.28. The number of amides is 1. The van der Waals surface area contributed by atoms with Crippen molar-refractivity contribution in [2.75, 3.05) is 6.54 Å². The summed E-state index contributed by atoms with van der Waals surface area (Å²) in [6, 6.07) is 1.91. The number of fused-ring (bicyclic) bond motifs is 1. The van der Waals surface area contributed by atoms with Gasteiger partial charge in [-0.05, 0) is 51.2 Å². The van der Waals surface area contributed by atoms with E-state index < -0.39 is 0 Å². The van der Waals surface area contributed by atoms with Crippen molar-refractivity contribution in [3.63, 3.8) is 0 Å². The number of aromatic nitrogens is 5. The second kappa shape index (κ2) is 7.38. The SMILES string of the molecule is CCn1nc(-c2ncc(C)n2CC2CC2)c2c1CCN(C(=O)c1cncc(C)c1)C2. The highest BCUT2D eigenvalue weighted by Crippen LogP contribution is 2.35. The quantitative estimate of drug-likeness (QED) is 0.654. The maximum Gasteiger partial charge on any atom is 0.255 e. The van der Waals surface area contributed by atoms with E-state index >= 15 is 0 Å². The molecule has 1 aliphatic heterocycles. The molecule has 30 heavy (non-hydrogen) atoms. The van der Waals surface area contributed by atoms with Crippen LogP contribution in [0, 0.1) is 19.8 Å². The lowest BCUT2D eigenvalue weighted by atomic mass is 10.0. The Morgan fingerprint density at radius 1 is 1.20 bits per heavy atom. The Hall–Kier alpha value is -2.96. The van der Waals surface area contributed by atoms with Crippen LogP contribution in [0.15, 0.2) is 24.7 Å². The van der Waals surface area contributed by atoms with E-state index in [0.29, 0.717) is 18.7 Å². The zero-order valence-electron chi connectivity index (χ0n) is 17.9. The predicted molar refractivity (Wildman–Crippen MR) is 114 cm³/mol. The highest BCUT2D eigenvalue weighted by atomic mass is 16.2. The van der Waals surface area contributed by atoms with Gasteiger partial charge in [0, 0.05) is 61.6 Å².